The number of ether oxygens (including phenoxy) is 1. The third kappa shape index (κ3) is 5.16. The molecule has 9 heteroatoms. The van der Waals surface area contributed by atoms with Crippen LogP contribution in [-0.4, -0.2) is 44.9 Å². The van der Waals surface area contributed by atoms with E-state index >= 15 is 0 Å². The van der Waals surface area contributed by atoms with Crippen molar-refractivity contribution in [3.63, 3.8) is 0 Å². The number of alkyl carbamates (subject to hydrolysis) is 1. The van der Waals surface area contributed by atoms with Crippen LogP contribution in [0.1, 0.15) is 44.9 Å². The topological polar surface area (TPSA) is 85.8 Å². The summed E-state index contributed by atoms with van der Waals surface area (Å²) in [5, 5.41) is 3.00. The Morgan fingerprint density at radius 3 is 2.77 bits per heavy atom. The number of anilines is 1. The number of piperidine rings is 1. The van der Waals surface area contributed by atoms with E-state index in [1.165, 1.54) is 0 Å². The van der Waals surface area contributed by atoms with Gasteiger partial charge in [0, 0.05) is 38.4 Å². The molecule has 0 radical (unpaired) electrons. The normalized spacial score (nSPS) is 16.2. The molecule has 1 atom stereocenters. The summed E-state index contributed by atoms with van der Waals surface area (Å²) >= 11 is 0. The number of aryl methyl sites for hydroxylation is 2. The third-order valence-electron chi connectivity index (χ3n) is 6.11. The highest BCUT2D eigenvalue weighted by Gasteiger charge is 2.27. The number of rotatable bonds is 4. The van der Waals surface area contributed by atoms with Gasteiger partial charge in [-0.25, -0.2) is 19.4 Å². The number of nitrogens with zero attached hydrogens (tertiary/aromatic N) is 5. The molecule has 3 heterocycles. The molecule has 1 N–H and O–H groups in total. The highest BCUT2D eigenvalue weighted by molar-refractivity contribution is 5.87. The van der Waals surface area contributed by atoms with Crippen molar-refractivity contribution in [2.75, 3.05) is 18.0 Å². The van der Waals surface area contributed by atoms with Crippen LogP contribution in [0.25, 0.3) is 16.0 Å². The van der Waals surface area contributed by atoms with Crippen molar-refractivity contribution in [3.05, 3.63) is 63.5 Å². The molecule has 0 saturated carbocycles. The number of benzene rings is 1. The van der Waals surface area contributed by atoms with Crippen LogP contribution in [0.4, 0.5) is 16.2 Å². The number of aromatic nitrogens is 3. The van der Waals surface area contributed by atoms with Gasteiger partial charge < -0.3 is 15.0 Å². The first-order chi connectivity index (χ1) is 16.6. The van der Waals surface area contributed by atoms with Crippen molar-refractivity contribution in [3.8, 4) is 0 Å². The second-order valence-corrected chi connectivity index (χ2v) is 10.1. The third-order valence-corrected chi connectivity index (χ3v) is 6.11. The maximum Gasteiger partial charge on any atom is 0.407 e. The van der Waals surface area contributed by atoms with Gasteiger partial charge in [-0.1, -0.05) is 24.3 Å². The molecule has 1 aromatic carbocycles. The van der Waals surface area contributed by atoms with Gasteiger partial charge in [-0.3, -0.25) is 9.13 Å². The van der Waals surface area contributed by atoms with Crippen LogP contribution in [-0.2, 0) is 18.3 Å². The molecule has 0 aliphatic carbocycles. The van der Waals surface area contributed by atoms with Crippen LogP contribution in [0.15, 0.2) is 35.1 Å². The van der Waals surface area contributed by atoms with Crippen molar-refractivity contribution in [1.29, 1.82) is 0 Å². The van der Waals surface area contributed by atoms with Crippen LogP contribution >= 0.6 is 0 Å². The Labute approximate surface area is 205 Å². The summed E-state index contributed by atoms with van der Waals surface area (Å²) in [4.78, 5) is 36.2. The van der Waals surface area contributed by atoms with Crippen molar-refractivity contribution in [2.45, 2.75) is 58.7 Å². The molecule has 4 rings (SSSR count). The van der Waals surface area contributed by atoms with E-state index in [0.29, 0.717) is 17.9 Å². The molecule has 2 aromatic heterocycles. The van der Waals surface area contributed by atoms with Gasteiger partial charge in [-0.15, -0.1) is 0 Å². The average molecular weight is 477 g/mol. The first-order valence-electron chi connectivity index (χ1n) is 11.8. The highest BCUT2D eigenvalue weighted by Crippen LogP contribution is 2.30. The number of nitrogens with one attached hydrogen (secondary N) is 1. The standard InChI is InChI=1S/C26H32N6O3/c1-17-14-21(31-13-9-11-19(16-31)29-24(33)35-26(2,3)4)22-23(28-17)30(6)25(34)32(22)15-18-10-7-8-12-20(18)27-5/h7-8,10,12,14,19H,9,11,13,15-16H2,1-4,6H3,(H,29,33)/t19-/m1/s1. The zero-order valence-corrected chi connectivity index (χ0v) is 21.0. The summed E-state index contributed by atoms with van der Waals surface area (Å²) < 4.78 is 8.71. The zero-order valence-electron chi connectivity index (χ0n) is 21.0. The molecule has 1 saturated heterocycles. The second-order valence-electron chi connectivity index (χ2n) is 10.1. The maximum atomic E-state index is 13.3. The molecule has 184 valence electrons. The molecule has 3 aromatic rings. The number of fused-ring (bicyclic) bond motifs is 1. The lowest BCUT2D eigenvalue weighted by Crippen LogP contribution is -2.49. The summed E-state index contributed by atoms with van der Waals surface area (Å²) in [6.07, 6.45) is 1.32. The SMILES string of the molecule is [C-]#[N+]c1ccccc1Cn1c(=O)n(C)c2nc(C)cc(N3CCC[C@@H](NC(=O)OC(C)(C)C)C3)c21. The van der Waals surface area contributed by atoms with E-state index in [-0.39, 0.29) is 18.3 Å². The molecule has 0 bridgehead atoms. The van der Waals surface area contributed by atoms with Gasteiger partial charge in [0.05, 0.1) is 12.3 Å². The smallest absolute Gasteiger partial charge is 0.407 e. The van der Waals surface area contributed by atoms with E-state index in [1.807, 2.05) is 52.0 Å². The van der Waals surface area contributed by atoms with Crippen molar-refractivity contribution < 1.29 is 9.53 Å². The minimum atomic E-state index is -0.561. The van der Waals surface area contributed by atoms with Crippen LogP contribution in [0.3, 0.4) is 0 Å². The number of amides is 1. The molecular weight excluding hydrogens is 444 g/mol. The number of para-hydroxylation sites is 1. The number of hydrogen-bond acceptors (Lipinski definition) is 5. The molecule has 0 spiro atoms. The van der Waals surface area contributed by atoms with Crippen molar-refractivity contribution in [2.24, 2.45) is 7.05 Å². The fraction of sp³-hybridized carbons (Fsp3) is 0.462. The fourth-order valence-electron chi connectivity index (χ4n) is 4.59. The molecule has 35 heavy (non-hydrogen) atoms. The van der Waals surface area contributed by atoms with E-state index in [1.54, 1.807) is 22.2 Å². The Hall–Kier alpha value is -3.80. The van der Waals surface area contributed by atoms with Crippen molar-refractivity contribution >= 4 is 28.6 Å². The predicted octanol–water partition coefficient (Wildman–Crippen LogP) is 4.14. The van der Waals surface area contributed by atoms with Gasteiger partial charge in [0.1, 0.15) is 11.1 Å². The van der Waals surface area contributed by atoms with Gasteiger partial charge in [0.2, 0.25) is 0 Å². The summed E-state index contributed by atoms with van der Waals surface area (Å²) in [5.41, 5.74) is 3.62. The molecule has 1 amide bonds. The number of pyridine rings is 1. The summed E-state index contributed by atoms with van der Waals surface area (Å²) in [6.45, 7) is 16.6. The van der Waals surface area contributed by atoms with Crippen LogP contribution in [0.2, 0.25) is 0 Å². The highest BCUT2D eigenvalue weighted by atomic mass is 16.6. The van der Waals surface area contributed by atoms with Gasteiger partial charge in [0.25, 0.3) is 0 Å². The van der Waals surface area contributed by atoms with Crippen molar-refractivity contribution in [1.82, 2.24) is 19.4 Å². The van der Waals surface area contributed by atoms with E-state index in [2.05, 4.69) is 20.0 Å². The number of imidazole rings is 1. The summed E-state index contributed by atoms with van der Waals surface area (Å²) in [5.74, 6) is 0. The van der Waals surface area contributed by atoms with Gasteiger partial charge in [0.15, 0.2) is 11.3 Å². The van der Waals surface area contributed by atoms with Crippen LogP contribution in [0.5, 0.6) is 0 Å². The fourth-order valence-corrected chi connectivity index (χ4v) is 4.59. The molecule has 1 fully saturated rings. The Bertz CT molecular complexity index is 1360. The minimum Gasteiger partial charge on any atom is -0.444 e. The molecule has 9 nitrogen and oxygen atoms in total. The molecular formula is C26H32N6O3. The van der Waals surface area contributed by atoms with Crippen LogP contribution < -0.4 is 15.9 Å². The summed E-state index contributed by atoms with van der Waals surface area (Å²) in [6, 6.07) is 9.26. The molecule has 0 unspecified atom stereocenters. The molecule has 1 aliphatic heterocycles. The molecule has 1 aliphatic rings. The van der Waals surface area contributed by atoms with Gasteiger partial charge >= 0.3 is 11.8 Å². The number of hydrogen-bond donors (Lipinski definition) is 1. The van der Waals surface area contributed by atoms with Gasteiger partial charge in [-0.05, 0) is 52.2 Å². The average Bonchev–Trinajstić information content (AvgIpc) is 3.02. The lowest BCUT2D eigenvalue weighted by molar-refractivity contribution is 0.0500. The monoisotopic (exact) mass is 476 g/mol. The van der Waals surface area contributed by atoms with Gasteiger partial charge in [-0.2, -0.15) is 0 Å². The van der Waals surface area contributed by atoms with Crippen LogP contribution in [0, 0.1) is 13.5 Å². The van der Waals surface area contributed by atoms with E-state index in [0.717, 1.165) is 41.8 Å². The zero-order chi connectivity index (χ0) is 25.3. The first-order valence-corrected chi connectivity index (χ1v) is 11.8. The van der Waals surface area contributed by atoms with E-state index in [4.69, 9.17) is 11.3 Å². The second kappa shape index (κ2) is 9.45. The maximum absolute atomic E-state index is 13.3. The Morgan fingerprint density at radius 1 is 1.31 bits per heavy atom. The Balaban J connectivity index is 1.72. The minimum absolute atomic E-state index is 0.0751. The first kappa shape index (κ1) is 24.3. The largest absolute Gasteiger partial charge is 0.444 e. The number of carbonyl (C=O) groups excluding carboxylic acids is 1. The lowest BCUT2D eigenvalue weighted by Gasteiger charge is -2.35. The van der Waals surface area contributed by atoms with E-state index < -0.39 is 11.7 Å². The number of carbonyl (C=O) groups is 1. The Kier molecular flexibility index (Phi) is 6.57. The Morgan fingerprint density at radius 2 is 2.06 bits per heavy atom. The predicted molar refractivity (Wildman–Crippen MR) is 136 cm³/mol. The lowest BCUT2D eigenvalue weighted by atomic mass is 10.0. The van der Waals surface area contributed by atoms with E-state index in [9.17, 15) is 9.59 Å². The summed E-state index contributed by atoms with van der Waals surface area (Å²) in [7, 11) is 1.72. The quantitative estimate of drug-likeness (QED) is 0.572.